The van der Waals surface area contributed by atoms with Crippen LogP contribution in [0.25, 0.3) is 0 Å². The number of rotatable bonds is 3. The van der Waals surface area contributed by atoms with Crippen molar-refractivity contribution in [2.75, 3.05) is 20.8 Å². The molecule has 2 unspecified atom stereocenters. The summed E-state index contributed by atoms with van der Waals surface area (Å²) < 4.78 is 10.4. The van der Waals surface area contributed by atoms with E-state index in [1.54, 1.807) is 37.3 Å². The van der Waals surface area contributed by atoms with E-state index < -0.39 is 0 Å². The Morgan fingerprint density at radius 2 is 1.84 bits per heavy atom. The van der Waals surface area contributed by atoms with Crippen molar-refractivity contribution in [2.45, 2.75) is 25.4 Å². The molecule has 5 heteroatoms. The first kappa shape index (κ1) is 13.7. The normalized spacial score (nSPS) is 22.4. The second kappa shape index (κ2) is 5.48. The van der Waals surface area contributed by atoms with Gasteiger partial charge in [0.1, 0.15) is 11.5 Å². The number of ether oxygens (including phenoxy) is 2. The molecule has 19 heavy (non-hydrogen) atoms. The van der Waals surface area contributed by atoms with Crippen molar-refractivity contribution < 1.29 is 14.3 Å². The van der Waals surface area contributed by atoms with Gasteiger partial charge in [-0.15, -0.1) is 0 Å². The lowest BCUT2D eigenvalue weighted by Crippen LogP contribution is -2.40. The van der Waals surface area contributed by atoms with Gasteiger partial charge >= 0.3 is 0 Å². The van der Waals surface area contributed by atoms with Gasteiger partial charge in [0, 0.05) is 30.3 Å². The fourth-order valence-electron chi connectivity index (χ4n) is 2.35. The van der Waals surface area contributed by atoms with Crippen molar-refractivity contribution in [2.24, 2.45) is 5.73 Å². The molecule has 0 aromatic heterocycles. The summed E-state index contributed by atoms with van der Waals surface area (Å²) >= 11 is 0. The third-order valence-electron chi connectivity index (χ3n) is 3.67. The molecule has 2 N–H and O–H groups in total. The van der Waals surface area contributed by atoms with E-state index in [4.69, 9.17) is 15.2 Å². The van der Waals surface area contributed by atoms with E-state index in [1.165, 1.54) is 0 Å². The lowest BCUT2D eigenvalue weighted by molar-refractivity contribution is 0.0742. The van der Waals surface area contributed by atoms with E-state index in [0.29, 0.717) is 23.6 Å². The molecule has 0 spiro atoms. The Kier molecular flexibility index (Phi) is 3.95. The second-order valence-corrected chi connectivity index (χ2v) is 4.79. The van der Waals surface area contributed by atoms with E-state index in [2.05, 4.69) is 0 Å². The summed E-state index contributed by atoms with van der Waals surface area (Å²) in [5.74, 6) is 1.19. The number of nitrogens with two attached hydrogens (primary N) is 1. The monoisotopic (exact) mass is 264 g/mol. The van der Waals surface area contributed by atoms with Crippen molar-refractivity contribution in [3.8, 4) is 11.5 Å². The number of amides is 1. The lowest BCUT2D eigenvalue weighted by Gasteiger charge is -2.23. The van der Waals surface area contributed by atoms with Crippen LogP contribution >= 0.6 is 0 Å². The topological polar surface area (TPSA) is 64.8 Å². The highest BCUT2D eigenvalue weighted by Crippen LogP contribution is 2.25. The van der Waals surface area contributed by atoms with Gasteiger partial charge in [0.2, 0.25) is 0 Å². The largest absolute Gasteiger partial charge is 0.497 e. The molecule has 5 nitrogen and oxygen atoms in total. The number of likely N-dealkylation sites (tertiary alicyclic amines) is 1. The Bertz CT molecular complexity index is 454. The first-order valence-corrected chi connectivity index (χ1v) is 6.36. The predicted molar refractivity (Wildman–Crippen MR) is 72.6 cm³/mol. The molecule has 2 rings (SSSR count). The van der Waals surface area contributed by atoms with Crippen LogP contribution in [0.5, 0.6) is 11.5 Å². The minimum atomic E-state index is -0.0300. The van der Waals surface area contributed by atoms with Gasteiger partial charge in [-0.1, -0.05) is 0 Å². The molecule has 1 aromatic carbocycles. The SMILES string of the molecule is COc1cc(OC)cc(C(=O)N2CCC(N)C2C)c1. The van der Waals surface area contributed by atoms with Gasteiger partial charge in [-0.2, -0.15) is 0 Å². The first-order valence-electron chi connectivity index (χ1n) is 6.36. The fourth-order valence-corrected chi connectivity index (χ4v) is 2.35. The average Bonchev–Trinajstić information content (AvgIpc) is 2.77. The third kappa shape index (κ3) is 2.66. The molecule has 0 radical (unpaired) electrons. The van der Waals surface area contributed by atoms with Crippen LogP contribution in [0.15, 0.2) is 18.2 Å². The zero-order valence-electron chi connectivity index (χ0n) is 11.6. The molecule has 0 aliphatic carbocycles. The number of methoxy groups -OCH3 is 2. The van der Waals surface area contributed by atoms with Gasteiger partial charge in [-0.3, -0.25) is 4.79 Å². The summed E-state index contributed by atoms with van der Waals surface area (Å²) in [6.07, 6.45) is 0.841. The highest BCUT2D eigenvalue weighted by molar-refractivity contribution is 5.95. The number of benzene rings is 1. The molecule has 2 atom stereocenters. The Balaban J connectivity index is 2.28. The molecule has 1 heterocycles. The van der Waals surface area contributed by atoms with Gasteiger partial charge < -0.3 is 20.1 Å². The van der Waals surface area contributed by atoms with Crippen LogP contribution < -0.4 is 15.2 Å². The summed E-state index contributed by atoms with van der Waals surface area (Å²) in [6.45, 7) is 2.67. The number of carbonyl (C=O) groups excluding carboxylic acids is 1. The van der Waals surface area contributed by atoms with Crippen molar-refractivity contribution in [1.29, 1.82) is 0 Å². The van der Waals surface area contributed by atoms with E-state index >= 15 is 0 Å². The maximum atomic E-state index is 12.5. The van der Waals surface area contributed by atoms with Crippen LogP contribution in [0.2, 0.25) is 0 Å². The average molecular weight is 264 g/mol. The van der Waals surface area contributed by atoms with Crippen LogP contribution in [-0.4, -0.2) is 43.7 Å². The van der Waals surface area contributed by atoms with Crippen molar-refractivity contribution in [3.63, 3.8) is 0 Å². The van der Waals surface area contributed by atoms with Crippen molar-refractivity contribution in [3.05, 3.63) is 23.8 Å². The van der Waals surface area contributed by atoms with E-state index in [9.17, 15) is 4.79 Å². The second-order valence-electron chi connectivity index (χ2n) is 4.79. The number of nitrogens with zero attached hydrogens (tertiary/aromatic N) is 1. The van der Waals surface area contributed by atoms with Crippen LogP contribution in [0, 0.1) is 0 Å². The summed E-state index contributed by atoms with van der Waals surface area (Å²) in [4.78, 5) is 14.3. The van der Waals surface area contributed by atoms with Crippen LogP contribution in [0.3, 0.4) is 0 Å². The molecule has 1 aromatic rings. The summed E-state index contributed by atoms with van der Waals surface area (Å²) in [5, 5.41) is 0. The van der Waals surface area contributed by atoms with Crippen molar-refractivity contribution >= 4 is 5.91 Å². The minimum absolute atomic E-state index is 0.0300. The summed E-state index contributed by atoms with van der Waals surface area (Å²) in [7, 11) is 3.13. The Morgan fingerprint density at radius 3 is 2.26 bits per heavy atom. The van der Waals surface area contributed by atoms with Gasteiger partial charge in [-0.05, 0) is 25.5 Å². The molecule has 0 saturated carbocycles. The van der Waals surface area contributed by atoms with Gasteiger partial charge in [0.05, 0.1) is 14.2 Å². The van der Waals surface area contributed by atoms with Gasteiger partial charge in [0.25, 0.3) is 5.91 Å². The van der Waals surface area contributed by atoms with Crippen LogP contribution in [0.1, 0.15) is 23.7 Å². The molecule has 104 valence electrons. The number of hydrogen-bond donors (Lipinski definition) is 1. The highest BCUT2D eigenvalue weighted by atomic mass is 16.5. The molecule has 1 fully saturated rings. The zero-order chi connectivity index (χ0) is 14.0. The maximum absolute atomic E-state index is 12.5. The van der Waals surface area contributed by atoms with Gasteiger partial charge in [0.15, 0.2) is 0 Å². The molecule has 1 aliphatic heterocycles. The predicted octanol–water partition coefficient (Wildman–Crippen LogP) is 1.27. The Labute approximate surface area is 113 Å². The standard InChI is InChI=1S/C14H20N2O3/c1-9-13(15)4-5-16(9)14(17)10-6-11(18-2)8-12(7-10)19-3/h6-9,13H,4-5,15H2,1-3H3. The first-order chi connectivity index (χ1) is 9.06. The third-order valence-corrected chi connectivity index (χ3v) is 3.67. The fraction of sp³-hybridized carbons (Fsp3) is 0.500. The molecular formula is C14H20N2O3. The van der Waals surface area contributed by atoms with Crippen LogP contribution in [-0.2, 0) is 0 Å². The summed E-state index contributed by atoms with van der Waals surface area (Å²) in [5.41, 5.74) is 6.52. The molecule has 1 amide bonds. The zero-order valence-corrected chi connectivity index (χ0v) is 11.6. The maximum Gasteiger partial charge on any atom is 0.254 e. The summed E-state index contributed by atoms with van der Waals surface area (Å²) in [6, 6.07) is 5.31. The highest BCUT2D eigenvalue weighted by Gasteiger charge is 2.32. The smallest absolute Gasteiger partial charge is 0.254 e. The quantitative estimate of drug-likeness (QED) is 0.892. The van der Waals surface area contributed by atoms with E-state index in [0.717, 1.165) is 6.42 Å². The van der Waals surface area contributed by atoms with E-state index in [1.807, 2.05) is 6.92 Å². The minimum Gasteiger partial charge on any atom is -0.497 e. The van der Waals surface area contributed by atoms with E-state index in [-0.39, 0.29) is 18.0 Å². The number of carbonyl (C=O) groups is 1. The molecule has 1 saturated heterocycles. The van der Waals surface area contributed by atoms with Crippen molar-refractivity contribution in [1.82, 2.24) is 4.90 Å². The molecular weight excluding hydrogens is 244 g/mol. The van der Waals surface area contributed by atoms with Crippen LogP contribution in [0.4, 0.5) is 0 Å². The Hall–Kier alpha value is -1.75. The van der Waals surface area contributed by atoms with Gasteiger partial charge in [-0.25, -0.2) is 0 Å². The Morgan fingerprint density at radius 1 is 1.26 bits per heavy atom. The number of hydrogen-bond acceptors (Lipinski definition) is 4. The molecule has 0 bridgehead atoms. The molecule has 1 aliphatic rings. The lowest BCUT2D eigenvalue weighted by atomic mass is 10.1.